The third-order valence-electron chi connectivity index (χ3n) is 3.35. The molecule has 24 heavy (non-hydrogen) atoms. The van der Waals surface area contributed by atoms with Crippen molar-refractivity contribution in [2.75, 3.05) is 13.1 Å². The molecule has 0 aliphatic rings. The van der Waals surface area contributed by atoms with E-state index in [0.29, 0.717) is 12.1 Å². The minimum atomic E-state index is -4.51. The number of rotatable bonds is 5. The predicted octanol–water partition coefficient (Wildman–Crippen LogP) is 1.78. The lowest BCUT2D eigenvalue weighted by Gasteiger charge is -2.09. The van der Waals surface area contributed by atoms with Crippen LogP contribution in [0.25, 0.3) is 5.65 Å². The Hall–Kier alpha value is -2.58. The number of nitrogens with one attached hydrogen (secondary N) is 2. The Kier molecular flexibility index (Phi) is 5.10. The summed E-state index contributed by atoms with van der Waals surface area (Å²) >= 11 is 0. The molecule has 0 spiro atoms. The number of hydrogen-bond donors (Lipinski definition) is 2. The number of amides is 2. The van der Waals surface area contributed by atoms with Crippen LogP contribution in [0.3, 0.4) is 0 Å². The average Bonchev–Trinajstić information content (AvgIpc) is 2.87. The molecule has 0 aliphatic heterocycles. The second-order valence-electron chi connectivity index (χ2n) is 5.14. The molecule has 0 atom stereocenters. The van der Waals surface area contributed by atoms with Gasteiger partial charge in [-0.2, -0.15) is 13.2 Å². The zero-order chi connectivity index (χ0) is 17.9. The number of hydrogen-bond acceptors (Lipinski definition) is 3. The number of fused-ring (bicyclic) bond motifs is 1. The van der Waals surface area contributed by atoms with Gasteiger partial charge >= 0.3 is 6.18 Å². The van der Waals surface area contributed by atoms with Gasteiger partial charge in [-0.05, 0) is 18.6 Å². The van der Waals surface area contributed by atoms with E-state index in [4.69, 9.17) is 0 Å². The van der Waals surface area contributed by atoms with Gasteiger partial charge in [0, 0.05) is 26.2 Å². The summed E-state index contributed by atoms with van der Waals surface area (Å²) in [5.41, 5.74) is -0.109. The highest BCUT2D eigenvalue weighted by Crippen LogP contribution is 2.29. The second kappa shape index (κ2) is 6.90. The van der Waals surface area contributed by atoms with Gasteiger partial charge in [0.25, 0.3) is 5.91 Å². The van der Waals surface area contributed by atoms with Crippen LogP contribution in [-0.2, 0) is 17.4 Å². The van der Waals surface area contributed by atoms with Crippen LogP contribution in [0.4, 0.5) is 13.2 Å². The molecule has 0 aromatic carbocycles. The molecule has 0 saturated heterocycles. The Labute approximate surface area is 136 Å². The number of imidazole rings is 1. The van der Waals surface area contributed by atoms with E-state index in [1.54, 1.807) is 6.92 Å². The summed E-state index contributed by atoms with van der Waals surface area (Å²) in [7, 11) is 0. The van der Waals surface area contributed by atoms with Gasteiger partial charge in [0.05, 0.1) is 11.3 Å². The van der Waals surface area contributed by atoms with E-state index in [1.807, 2.05) is 0 Å². The van der Waals surface area contributed by atoms with Crippen molar-refractivity contribution in [2.24, 2.45) is 0 Å². The Bertz CT molecular complexity index is 768. The summed E-state index contributed by atoms with van der Waals surface area (Å²) in [6.45, 7) is 3.50. The van der Waals surface area contributed by atoms with E-state index in [1.165, 1.54) is 13.0 Å². The van der Waals surface area contributed by atoms with Crippen LogP contribution in [0.2, 0.25) is 0 Å². The van der Waals surface area contributed by atoms with Gasteiger partial charge < -0.3 is 10.6 Å². The van der Waals surface area contributed by atoms with Gasteiger partial charge in [-0.3, -0.25) is 14.0 Å². The Balaban J connectivity index is 2.32. The molecule has 0 bridgehead atoms. The molecule has 0 unspecified atom stereocenters. The topological polar surface area (TPSA) is 75.5 Å². The number of alkyl halides is 3. The number of nitrogens with zero attached hydrogens (tertiary/aromatic N) is 2. The molecule has 2 aromatic heterocycles. The third kappa shape index (κ3) is 3.84. The van der Waals surface area contributed by atoms with Crippen molar-refractivity contribution in [3.05, 3.63) is 35.3 Å². The van der Waals surface area contributed by atoms with Crippen molar-refractivity contribution < 1.29 is 22.8 Å². The number of halogens is 3. The van der Waals surface area contributed by atoms with Gasteiger partial charge in [0.1, 0.15) is 11.3 Å². The molecule has 2 aromatic rings. The molecule has 9 heteroatoms. The fourth-order valence-electron chi connectivity index (χ4n) is 2.25. The van der Waals surface area contributed by atoms with Gasteiger partial charge in [0.2, 0.25) is 5.91 Å². The molecule has 2 amide bonds. The molecule has 130 valence electrons. The van der Waals surface area contributed by atoms with Crippen LogP contribution in [0.5, 0.6) is 0 Å². The van der Waals surface area contributed by atoms with Crippen molar-refractivity contribution in [3.8, 4) is 0 Å². The summed E-state index contributed by atoms with van der Waals surface area (Å²) in [4.78, 5) is 27.3. The fraction of sp³-hybridized carbons (Fsp3) is 0.400. The van der Waals surface area contributed by atoms with Gasteiger partial charge in [-0.1, -0.05) is 6.92 Å². The highest BCUT2D eigenvalue weighted by Gasteiger charge is 2.31. The Morgan fingerprint density at radius 1 is 1.21 bits per heavy atom. The minimum absolute atomic E-state index is 0.0708. The fourth-order valence-corrected chi connectivity index (χ4v) is 2.25. The van der Waals surface area contributed by atoms with Crippen LogP contribution < -0.4 is 10.6 Å². The van der Waals surface area contributed by atoms with E-state index >= 15 is 0 Å². The first kappa shape index (κ1) is 17.8. The van der Waals surface area contributed by atoms with Crippen LogP contribution in [0.1, 0.15) is 35.6 Å². The molecule has 2 rings (SSSR count). The monoisotopic (exact) mass is 342 g/mol. The van der Waals surface area contributed by atoms with Crippen molar-refractivity contribution in [3.63, 3.8) is 0 Å². The average molecular weight is 342 g/mol. The molecular formula is C15H17F3N4O2. The van der Waals surface area contributed by atoms with Gasteiger partial charge in [-0.25, -0.2) is 4.98 Å². The molecule has 2 heterocycles. The van der Waals surface area contributed by atoms with E-state index in [9.17, 15) is 22.8 Å². The molecule has 6 nitrogen and oxygen atoms in total. The predicted molar refractivity (Wildman–Crippen MR) is 80.6 cm³/mol. The lowest BCUT2D eigenvalue weighted by molar-refractivity contribution is -0.137. The first-order valence-corrected chi connectivity index (χ1v) is 7.34. The van der Waals surface area contributed by atoms with E-state index < -0.39 is 17.6 Å². The SMILES string of the molecule is CCc1nc2ccc(C(F)(F)F)cn2c1C(=O)NCCNC(C)=O. The maximum Gasteiger partial charge on any atom is 0.417 e. The summed E-state index contributed by atoms with van der Waals surface area (Å²) in [6.07, 6.45) is -3.24. The zero-order valence-corrected chi connectivity index (χ0v) is 13.2. The third-order valence-corrected chi connectivity index (χ3v) is 3.35. The Morgan fingerprint density at radius 3 is 2.46 bits per heavy atom. The number of carbonyl (C=O) groups excluding carboxylic acids is 2. The van der Waals surface area contributed by atoms with E-state index in [0.717, 1.165) is 16.7 Å². The summed E-state index contributed by atoms with van der Waals surface area (Å²) in [6, 6.07) is 2.16. The minimum Gasteiger partial charge on any atom is -0.355 e. The van der Waals surface area contributed by atoms with Gasteiger partial charge in [-0.15, -0.1) is 0 Å². The van der Waals surface area contributed by atoms with Gasteiger partial charge in [0.15, 0.2) is 0 Å². The lowest BCUT2D eigenvalue weighted by atomic mass is 10.2. The maximum absolute atomic E-state index is 12.9. The molecule has 0 aliphatic carbocycles. The van der Waals surface area contributed by atoms with Crippen molar-refractivity contribution in [1.29, 1.82) is 0 Å². The Morgan fingerprint density at radius 2 is 1.88 bits per heavy atom. The highest BCUT2D eigenvalue weighted by atomic mass is 19.4. The summed E-state index contributed by atoms with van der Waals surface area (Å²) < 4.78 is 39.8. The molecule has 0 saturated carbocycles. The highest BCUT2D eigenvalue weighted by molar-refractivity contribution is 5.94. The van der Waals surface area contributed by atoms with Crippen molar-refractivity contribution in [2.45, 2.75) is 26.4 Å². The van der Waals surface area contributed by atoms with Crippen LogP contribution in [-0.4, -0.2) is 34.3 Å². The van der Waals surface area contributed by atoms with E-state index in [2.05, 4.69) is 15.6 Å². The number of pyridine rings is 1. The van der Waals surface area contributed by atoms with Crippen LogP contribution >= 0.6 is 0 Å². The van der Waals surface area contributed by atoms with Crippen molar-refractivity contribution >= 4 is 17.5 Å². The largest absolute Gasteiger partial charge is 0.417 e. The quantitative estimate of drug-likeness (QED) is 0.814. The maximum atomic E-state index is 12.9. The summed E-state index contributed by atoms with van der Waals surface area (Å²) in [5.74, 6) is -0.771. The smallest absolute Gasteiger partial charge is 0.355 e. The zero-order valence-electron chi connectivity index (χ0n) is 13.2. The lowest BCUT2D eigenvalue weighted by Crippen LogP contribution is -2.34. The number of carbonyl (C=O) groups is 2. The van der Waals surface area contributed by atoms with Crippen LogP contribution in [0.15, 0.2) is 18.3 Å². The van der Waals surface area contributed by atoms with Crippen molar-refractivity contribution in [1.82, 2.24) is 20.0 Å². The first-order chi connectivity index (χ1) is 11.2. The standard InChI is InChI=1S/C15H17F3N4O2/c1-3-11-13(14(24)20-7-6-19-9(2)23)22-8-10(15(16,17)18)4-5-12(22)21-11/h4-5,8H,3,6-7H2,1-2H3,(H,19,23)(H,20,24). The first-order valence-electron chi connectivity index (χ1n) is 7.34. The molecule has 0 radical (unpaired) electrons. The van der Waals surface area contributed by atoms with Crippen LogP contribution in [0, 0.1) is 0 Å². The number of aryl methyl sites for hydroxylation is 1. The summed E-state index contributed by atoms with van der Waals surface area (Å²) in [5, 5.41) is 5.09. The molecule has 0 fully saturated rings. The van der Waals surface area contributed by atoms with E-state index in [-0.39, 0.29) is 30.3 Å². The molecule has 2 N–H and O–H groups in total. The number of aromatic nitrogens is 2. The molecular weight excluding hydrogens is 325 g/mol. The second-order valence-corrected chi connectivity index (χ2v) is 5.14. The normalized spacial score (nSPS) is 11.5.